The minimum atomic E-state index is 1.00. The maximum atomic E-state index is 2.41. The van der Waals surface area contributed by atoms with E-state index in [0.717, 1.165) is 6.42 Å². The summed E-state index contributed by atoms with van der Waals surface area (Å²) in [5.41, 5.74) is 3.94. The molecule has 0 fully saturated rings. The highest BCUT2D eigenvalue weighted by atomic mass is 15.0. The average Bonchev–Trinajstić information content (AvgIpc) is 3.10. The molecule has 2 aliphatic rings. The summed E-state index contributed by atoms with van der Waals surface area (Å²) in [4.78, 5) is 0. The number of hydrogen-bond acceptors (Lipinski definition) is 0. The fourth-order valence-electron chi connectivity index (χ4n) is 3.62. The normalized spacial score (nSPS) is 13.8. The van der Waals surface area contributed by atoms with Crippen molar-refractivity contribution in [3.63, 3.8) is 0 Å². The molecule has 0 amide bonds. The van der Waals surface area contributed by atoms with Gasteiger partial charge in [-0.2, -0.15) is 0 Å². The van der Waals surface area contributed by atoms with Gasteiger partial charge < -0.3 is 4.57 Å². The molecule has 2 aliphatic carbocycles. The molecule has 0 saturated carbocycles. The molecule has 22 heavy (non-hydrogen) atoms. The molecule has 0 atom stereocenters. The van der Waals surface area contributed by atoms with Crippen molar-refractivity contribution in [3.05, 3.63) is 92.9 Å². The Bertz CT molecular complexity index is 1130. The Hall–Kier alpha value is -2.80. The average molecular weight is 281 g/mol. The third-order valence-electron chi connectivity index (χ3n) is 4.55. The van der Waals surface area contributed by atoms with Gasteiger partial charge in [0.25, 0.3) is 0 Å². The molecule has 0 unspecified atom stereocenters. The second kappa shape index (κ2) is 4.35. The van der Waals surface area contributed by atoms with Crippen LogP contribution in [-0.2, 0) is 0 Å². The van der Waals surface area contributed by atoms with Gasteiger partial charge in [0.05, 0.1) is 10.7 Å². The van der Waals surface area contributed by atoms with Crippen LogP contribution in [0.5, 0.6) is 0 Å². The van der Waals surface area contributed by atoms with Crippen molar-refractivity contribution in [2.24, 2.45) is 0 Å². The van der Waals surface area contributed by atoms with Gasteiger partial charge in [-0.3, -0.25) is 0 Å². The van der Waals surface area contributed by atoms with Gasteiger partial charge in [0.2, 0.25) is 0 Å². The van der Waals surface area contributed by atoms with Crippen LogP contribution in [0, 0.1) is 10.6 Å². The SMILES string of the molecule is C1=Cc2c3c(n(-c4ccccc4)c2=CC1)=c1ccccc1=C3. The summed E-state index contributed by atoms with van der Waals surface area (Å²) < 4.78 is 2.41. The van der Waals surface area contributed by atoms with Crippen molar-refractivity contribution in [2.45, 2.75) is 6.42 Å². The Kier molecular flexibility index (Phi) is 2.33. The Labute approximate surface area is 128 Å². The quantitative estimate of drug-likeness (QED) is 0.505. The highest BCUT2D eigenvalue weighted by Crippen LogP contribution is 2.21. The maximum absolute atomic E-state index is 2.41. The largest absolute Gasteiger partial charge is 0.309 e. The highest BCUT2D eigenvalue weighted by Gasteiger charge is 2.17. The number of nitrogens with zero attached hydrogens (tertiary/aromatic N) is 1. The summed E-state index contributed by atoms with van der Waals surface area (Å²) in [6, 6.07) is 19.3. The molecule has 0 aliphatic heterocycles. The summed E-state index contributed by atoms with van der Waals surface area (Å²) >= 11 is 0. The molecule has 104 valence electrons. The molecule has 1 heterocycles. The molecule has 0 saturated heterocycles. The van der Waals surface area contributed by atoms with Gasteiger partial charge in [0.1, 0.15) is 0 Å². The summed E-state index contributed by atoms with van der Waals surface area (Å²) in [7, 11) is 0. The van der Waals surface area contributed by atoms with E-state index >= 15 is 0 Å². The molecule has 0 bridgehead atoms. The van der Waals surface area contributed by atoms with Gasteiger partial charge in [0.15, 0.2) is 0 Å². The van der Waals surface area contributed by atoms with Crippen LogP contribution in [0.25, 0.3) is 23.9 Å². The van der Waals surface area contributed by atoms with Crippen molar-refractivity contribution in [2.75, 3.05) is 0 Å². The molecule has 0 N–H and O–H groups in total. The van der Waals surface area contributed by atoms with E-state index in [4.69, 9.17) is 0 Å². The Balaban J connectivity index is 2.08. The number of para-hydroxylation sites is 1. The lowest BCUT2D eigenvalue weighted by atomic mass is 10.1. The number of rotatable bonds is 1. The van der Waals surface area contributed by atoms with E-state index in [-0.39, 0.29) is 0 Å². The lowest BCUT2D eigenvalue weighted by Gasteiger charge is -2.06. The van der Waals surface area contributed by atoms with Crippen LogP contribution < -0.4 is 10.6 Å². The summed E-state index contributed by atoms with van der Waals surface area (Å²) in [5, 5.41) is 5.30. The van der Waals surface area contributed by atoms with Crippen LogP contribution in [0.2, 0.25) is 0 Å². The number of allylic oxidation sites excluding steroid dienone is 1. The number of benzene rings is 2. The van der Waals surface area contributed by atoms with E-state index in [9.17, 15) is 0 Å². The van der Waals surface area contributed by atoms with Crippen molar-refractivity contribution in [3.8, 4) is 5.69 Å². The Morgan fingerprint density at radius 1 is 0.818 bits per heavy atom. The van der Waals surface area contributed by atoms with E-state index in [0.29, 0.717) is 0 Å². The zero-order chi connectivity index (χ0) is 14.5. The van der Waals surface area contributed by atoms with E-state index in [1.54, 1.807) is 0 Å². The van der Waals surface area contributed by atoms with Crippen LogP contribution in [0.15, 0.2) is 60.7 Å². The molecular formula is C21H15N. The second-order valence-electron chi connectivity index (χ2n) is 5.81. The van der Waals surface area contributed by atoms with E-state index in [1.165, 1.54) is 37.9 Å². The van der Waals surface area contributed by atoms with Crippen LogP contribution in [0.1, 0.15) is 17.5 Å². The summed E-state index contributed by atoms with van der Waals surface area (Å²) in [5.74, 6) is 0. The van der Waals surface area contributed by atoms with E-state index < -0.39 is 0 Å². The van der Waals surface area contributed by atoms with Gasteiger partial charge in [-0.15, -0.1) is 0 Å². The minimum Gasteiger partial charge on any atom is -0.309 e. The fraction of sp³-hybridized carbons (Fsp3) is 0.0476. The van der Waals surface area contributed by atoms with Gasteiger partial charge in [-0.25, -0.2) is 0 Å². The van der Waals surface area contributed by atoms with Crippen LogP contribution in [-0.4, -0.2) is 4.57 Å². The van der Waals surface area contributed by atoms with Gasteiger partial charge >= 0.3 is 0 Å². The molecule has 2 aromatic carbocycles. The summed E-state index contributed by atoms with van der Waals surface area (Å²) in [6.07, 6.45) is 10.2. The van der Waals surface area contributed by atoms with Crippen LogP contribution >= 0.6 is 0 Å². The first-order valence-electron chi connectivity index (χ1n) is 7.71. The molecule has 0 radical (unpaired) electrons. The topological polar surface area (TPSA) is 4.93 Å². The summed E-state index contributed by atoms with van der Waals surface area (Å²) in [6.45, 7) is 0. The first-order valence-corrected chi connectivity index (χ1v) is 7.71. The van der Waals surface area contributed by atoms with Crippen molar-refractivity contribution >= 4 is 18.2 Å². The smallest absolute Gasteiger partial charge is 0.0619 e. The van der Waals surface area contributed by atoms with Crippen LogP contribution in [0.3, 0.4) is 0 Å². The fourth-order valence-corrected chi connectivity index (χ4v) is 3.62. The highest BCUT2D eigenvalue weighted by molar-refractivity contribution is 5.72. The molecule has 1 heteroatoms. The van der Waals surface area contributed by atoms with Gasteiger partial charge in [0, 0.05) is 22.0 Å². The second-order valence-corrected chi connectivity index (χ2v) is 5.81. The number of hydrogen-bond donors (Lipinski definition) is 0. The molecule has 0 spiro atoms. The first kappa shape index (κ1) is 11.8. The van der Waals surface area contributed by atoms with E-state index in [2.05, 4.69) is 83.5 Å². The van der Waals surface area contributed by atoms with Crippen molar-refractivity contribution in [1.29, 1.82) is 0 Å². The van der Waals surface area contributed by atoms with Gasteiger partial charge in [-0.05, 0) is 29.8 Å². The third kappa shape index (κ3) is 1.48. The lowest BCUT2D eigenvalue weighted by Crippen LogP contribution is -2.19. The molecular weight excluding hydrogens is 266 g/mol. The molecule has 1 nitrogen and oxygen atoms in total. The van der Waals surface area contributed by atoms with Crippen molar-refractivity contribution < 1.29 is 0 Å². The predicted molar refractivity (Wildman–Crippen MR) is 90.8 cm³/mol. The standard InChI is InChI=1S/C21H15N/c1-2-9-16(10-3-1)22-20-13-7-6-12-18(20)19-14-15-8-4-5-11-17(15)21(19)22/h1-6,8-14H,7H2. The molecule has 3 aromatic rings. The van der Waals surface area contributed by atoms with Gasteiger partial charge in [-0.1, -0.05) is 60.7 Å². The van der Waals surface area contributed by atoms with Crippen LogP contribution in [0.4, 0.5) is 0 Å². The molecule has 5 rings (SSSR count). The first-order chi connectivity index (χ1) is 10.9. The number of fused-ring (bicyclic) bond motifs is 4. The third-order valence-corrected chi connectivity index (χ3v) is 4.55. The lowest BCUT2D eigenvalue weighted by molar-refractivity contribution is 0.985. The Morgan fingerprint density at radius 2 is 1.64 bits per heavy atom. The zero-order valence-electron chi connectivity index (χ0n) is 12.2. The van der Waals surface area contributed by atoms with Crippen molar-refractivity contribution in [1.82, 2.24) is 4.57 Å². The van der Waals surface area contributed by atoms with E-state index in [1.807, 2.05) is 0 Å². The maximum Gasteiger partial charge on any atom is 0.0619 e. The monoisotopic (exact) mass is 281 g/mol. The minimum absolute atomic E-state index is 1.00. The molecule has 1 aromatic heterocycles. The number of aromatic nitrogens is 1. The Morgan fingerprint density at radius 3 is 2.55 bits per heavy atom. The zero-order valence-corrected chi connectivity index (χ0v) is 12.2. The predicted octanol–water partition coefficient (Wildman–Crippen LogP) is 3.10.